The van der Waals surface area contributed by atoms with Gasteiger partial charge in [-0.25, -0.2) is 4.68 Å². The van der Waals surface area contributed by atoms with Crippen molar-refractivity contribution in [3.63, 3.8) is 0 Å². The summed E-state index contributed by atoms with van der Waals surface area (Å²) < 4.78 is 1.53. The molecule has 1 N–H and O–H groups in total. The van der Waals surface area contributed by atoms with Crippen molar-refractivity contribution < 1.29 is 4.79 Å². The van der Waals surface area contributed by atoms with Crippen LogP contribution in [-0.2, 0) is 0 Å². The van der Waals surface area contributed by atoms with Crippen molar-refractivity contribution >= 4 is 11.6 Å². The third-order valence-corrected chi connectivity index (χ3v) is 3.60. The highest BCUT2D eigenvalue weighted by atomic mass is 16.2. The molecule has 1 aromatic heterocycles. The van der Waals surface area contributed by atoms with Crippen LogP contribution >= 0.6 is 0 Å². The molecule has 120 valence electrons. The maximum Gasteiger partial charge on any atom is 0.280 e. The van der Waals surface area contributed by atoms with E-state index in [0.29, 0.717) is 5.69 Å². The number of anilines is 1. The predicted octanol–water partition coefficient (Wildman–Crippen LogP) is 3.10. The summed E-state index contributed by atoms with van der Waals surface area (Å²) >= 11 is 0. The van der Waals surface area contributed by atoms with E-state index in [0.717, 1.165) is 16.8 Å². The molecule has 1 amide bonds. The number of hydrogen-bond donors (Lipinski definition) is 1. The Morgan fingerprint density at radius 2 is 1.75 bits per heavy atom. The minimum Gasteiger partial charge on any atom is -0.320 e. The summed E-state index contributed by atoms with van der Waals surface area (Å²) in [6.07, 6.45) is 1.56. The zero-order chi connectivity index (χ0) is 17.1. The van der Waals surface area contributed by atoms with Crippen LogP contribution in [0.4, 0.5) is 5.69 Å². The minimum absolute atomic E-state index is 0.139. The quantitative estimate of drug-likeness (QED) is 0.807. The number of carbonyl (C=O) groups excluding carboxylic acids is 1. The average Bonchev–Trinajstić information content (AvgIpc) is 2.57. The second-order valence-corrected chi connectivity index (χ2v) is 5.63. The van der Waals surface area contributed by atoms with Crippen LogP contribution in [0.15, 0.2) is 65.6 Å². The van der Waals surface area contributed by atoms with Gasteiger partial charge in [-0.1, -0.05) is 29.8 Å². The van der Waals surface area contributed by atoms with Gasteiger partial charge < -0.3 is 5.32 Å². The van der Waals surface area contributed by atoms with Gasteiger partial charge in [-0.15, -0.1) is 0 Å². The average molecular weight is 319 g/mol. The van der Waals surface area contributed by atoms with Gasteiger partial charge in [-0.2, -0.15) is 5.10 Å². The highest BCUT2D eigenvalue weighted by Crippen LogP contribution is 2.10. The van der Waals surface area contributed by atoms with Crippen molar-refractivity contribution in [1.29, 1.82) is 0 Å². The van der Waals surface area contributed by atoms with Crippen molar-refractivity contribution in [3.05, 3.63) is 87.8 Å². The Labute approximate surface area is 139 Å². The largest absolute Gasteiger partial charge is 0.320 e. The number of amides is 1. The first-order chi connectivity index (χ1) is 11.5. The maximum atomic E-state index is 12.4. The van der Waals surface area contributed by atoms with Crippen molar-refractivity contribution in [2.75, 3.05) is 5.32 Å². The lowest BCUT2D eigenvalue weighted by Crippen LogP contribution is -2.25. The van der Waals surface area contributed by atoms with Crippen LogP contribution in [0, 0.1) is 13.8 Å². The van der Waals surface area contributed by atoms with Crippen LogP contribution in [0.3, 0.4) is 0 Å². The summed E-state index contributed by atoms with van der Waals surface area (Å²) in [5, 5.41) is 6.89. The summed E-state index contributed by atoms with van der Waals surface area (Å²) in [7, 11) is 0. The van der Waals surface area contributed by atoms with Gasteiger partial charge in [0.15, 0.2) is 5.69 Å². The van der Waals surface area contributed by atoms with Gasteiger partial charge >= 0.3 is 0 Å². The fourth-order valence-corrected chi connectivity index (χ4v) is 2.31. The van der Waals surface area contributed by atoms with Gasteiger partial charge in [-0.3, -0.25) is 9.59 Å². The van der Waals surface area contributed by atoms with E-state index in [1.165, 1.54) is 10.7 Å². The van der Waals surface area contributed by atoms with E-state index in [-0.39, 0.29) is 5.69 Å². The zero-order valence-electron chi connectivity index (χ0n) is 13.5. The van der Waals surface area contributed by atoms with Gasteiger partial charge in [0.2, 0.25) is 5.43 Å². The monoisotopic (exact) mass is 319 g/mol. The molecule has 24 heavy (non-hydrogen) atoms. The summed E-state index contributed by atoms with van der Waals surface area (Å²) in [4.78, 5) is 24.4. The molecule has 2 aromatic carbocycles. The van der Waals surface area contributed by atoms with Crippen LogP contribution in [0.2, 0.25) is 0 Å². The van der Waals surface area contributed by atoms with Crippen molar-refractivity contribution in [1.82, 2.24) is 9.78 Å². The van der Waals surface area contributed by atoms with E-state index < -0.39 is 11.3 Å². The summed E-state index contributed by atoms with van der Waals surface area (Å²) in [6.45, 7) is 3.93. The summed E-state index contributed by atoms with van der Waals surface area (Å²) in [5.74, 6) is -0.522. The van der Waals surface area contributed by atoms with E-state index >= 15 is 0 Å². The van der Waals surface area contributed by atoms with Gasteiger partial charge in [-0.05, 0) is 43.7 Å². The normalized spacial score (nSPS) is 10.4. The molecule has 0 aliphatic carbocycles. The second-order valence-electron chi connectivity index (χ2n) is 5.63. The van der Waals surface area contributed by atoms with E-state index in [2.05, 4.69) is 10.4 Å². The fourth-order valence-electron chi connectivity index (χ4n) is 2.31. The Morgan fingerprint density at radius 1 is 1.00 bits per heavy atom. The maximum absolute atomic E-state index is 12.4. The van der Waals surface area contributed by atoms with Crippen molar-refractivity contribution in [2.45, 2.75) is 13.8 Å². The molecule has 0 saturated carbocycles. The second kappa shape index (κ2) is 6.50. The lowest BCUT2D eigenvalue weighted by molar-refractivity contribution is 0.101. The first-order valence-corrected chi connectivity index (χ1v) is 7.58. The van der Waals surface area contributed by atoms with Gasteiger partial charge in [0.05, 0.1) is 5.69 Å². The number of hydrogen-bond acceptors (Lipinski definition) is 3. The smallest absolute Gasteiger partial charge is 0.280 e. The SMILES string of the molecule is Cc1ccc(NC(=O)c2nn(-c3cccc(C)c3)ccc2=O)cc1. The highest BCUT2D eigenvalue weighted by Gasteiger charge is 2.13. The fraction of sp³-hybridized carbons (Fsp3) is 0.105. The molecular weight excluding hydrogens is 302 g/mol. The third-order valence-electron chi connectivity index (χ3n) is 3.60. The molecule has 0 bridgehead atoms. The van der Waals surface area contributed by atoms with E-state index in [4.69, 9.17) is 0 Å². The molecular formula is C19H17N3O2. The minimum atomic E-state index is -0.522. The Bertz CT molecular complexity index is 943. The van der Waals surface area contributed by atoms with Crippen LogP contribution in [0.25, 0.3) is 5.69 Å². The van der Waals surface area contributed by atoms with Crippen molar-refractivity contribution in [3.8, 4) is 5.69 Å². The number of aromatic nitrogens is 2. The molecule has 0 aliphatic rings. The number of benzene rings is 2. The lowest BCUT2D eigenvalue weighted by Gasteiger charge is -2.09. The molecule has 0 radical (unpaired) electrons. The van der Waals surface area contributed by atoms with E-state index in [1.807, 2.05) is 50.2 Å². The van der Waals surface area contributed by atoms with E-state index in [9.17, 15) is 9.59 Å². The topological polar surface area (TPSA) is 64.0 Å². The van der Waals surface area contributed by atoms with Crippen LogP contribution in [0.5, 0.6) is 0 Å². The number of nitrogens with zero attached hydrogens (tertiary/aromatic N) is 2. The van der Waals surface area contributed by atoms with Crippen LogP contribution in [0.1, 0.15) is 21.6 Å². The van der Waals surface area contributed by atoms with Gasteiger partial charge in [0.25, 0.3) is 5.91 Å². The standard InChI is InChI=1S/C19H17N3O2/c1-13-6-8-15(9-7-13)20-19(24)18-17(23)10-11-22(21-18)16-5-3-4-14(2)12-16/h3-12H,1-2H3,(H,20,24). The molecule has 3 aromatic rings. The lowest BCUT2D eigenvalue weighted by atomic mass is 10.2. The first kappa shape index (κ1) is 15.7. The van der Waals surface area contributed by atoms with Crippen LogP contribution < -0.4 is 10.7 Å². The number of rotatable bonds is 3. The molecule has 1 heterocycles. The third kappa shape index (κ3) is 3.41. The number of aryl methyl sites for hydroxylation is 2. The molecule has 0 aliphatic heterocycles. The van der Waals surface area contributed by atoms with Gasteiger partial charge in [0, 0.05) is 18.0 Å². The Balaban J connectivity index is 1.92. The number of carbonyl (C=O) groups is 1. The Hall–Kier alpha value is -3.21. The van der Waals surface area contributed by atoms with E-state index in [1.54, 1.807) is 18.3 Å². The van der Waals surface area contributed by atoms with Crippen molar-refractivity contribution in [2.24, 2.45) is 0 Å². The molecule has 0 saturated heterocycles. The van der Waals surface area contributed by atoms with Crippen LogP contribution in [-0.4, -0.2) is 15.7 Å². The molecule has 5 heteroatoms. The van der Waals surface area contributed by atoms with Gasteiger partial charge in [0.1, 0.15) is 0 Å². The Morgan fingerprint density at radius 3 is 2.46 bits per heavy atom. The summed E-state index contributed by atoms with van der Waals surface area (Å²) in [6, 6.07) is 16.4. The molecule has 3 rings (SSSR count). The molecule has 0 unspecified atom stereocenters. The molecule has 0 atom stereocenters. The molecule has 0 spiro atoms. The highest BCUT2D eigenvalue weighted by molar-refractivity contribution is 6.02. The number of nitrogens with one attached hydrogen (secondary N) is 1. The molecule has 5 nitrogen and oxygen atoms in total. The molecule has 0 fully saturated rings. The first-order valence-electron chi connectivity index (χ1n) is 7.58. The summed E-state index contributed by atoms with van der Waals surface area (Å²) in [5.41, 5.74) is 3.02. The zero-order valence-corrected chi connectivity index (χ0v) is 13.5. The predicted molar refractivity (Wildman–Crippen MR) is 93.7 cm³/mol. The Kier molecular flexibility index (Phi) is 4.24.